The third-order valence-corrected chi connectivity index (χ3v) is 7.29. The molecule has 2 heterocycles. The van der Waals surface area contributed by atoms with Gasteiger partial charge in [0.2, 0.25) is 17.7 Å². The lowest BCUT2D eigenvalue weighted by Gasteiger charge is -2.21. The van der Waals surface area contributed by atoms with Crippen molar-refractivity contribution in [2.24, 2.45) is 17.8 Å². The topological polar surface area (TPSA) is 84.0 Å². The van der Waals surface area contributed by atoms with Gasteiger partial charge in [-0.2, -0.15) is 0 Å². The van der Waals surface area contributed by atoms with E-state index < -0.39 is 11.9 Å². The van der Waals surface area contributed by atoms with Crippen molar-refractivity contribution in [2.45, 2.75) is 40.0 Å². The summed E-state index contributed by atoms with van der Waals surface area (Å²) in [7, 11) is 0. The Morgan fingerprint density at radius 3 is 2.34 bits per heavy atom. The SMILES string of the molecule is CC1=CC[C@@H]2C(=O)N(c3cccc(OC(=O)[C@H]4CC(=O)N(c5c(C)cccc5C)C4)c3)C(=O)[C@H]2C1. The molecule has 2 aromatic rings. The number of benzene rings is 2. The van der Waals surface area contributed by atoms with E-state index in [-0.39, 0.29) is 48.3 Å². The highest BCUT2D eigenvalue weighted by molar-refractivity contribution is 6.22. The fourth-order valence-electron chi connectivity index (χ4n) is 5.49. The van der Waals surface area contributed by atoms with E-state index in [2.05, 4.69) is 0 Å². The predicted octanol–water partition coefficient (Wildman–Crippen LogP) is 4.11. The van der Waals surface area contributed by atoms with Crippen LogP contribution in [0.5, 0.6) is 5.75 Å². The fraction of sp³-hybridized carbons (Fsp3) is 0.357. The van der Waals surface area contributed by atoms with Crippen LogP contribution in [0.3, 0.4) is 0 Å². The third kappa shape index (κ3) is 4.05. The summed E-state index contributed by atoms with van der Waals surface area (Å²) in [5.41, 5.74) is 4.32. The number of esters is 1. The van der Waals surface area contributed by atoms with Gasteiger partial charge in [-0.15, -0.1) is 0 Å². The molecule has 2 aromatic carbocycles. The molecular weight excluding hydrogens is 444 g/mol. The smallest absolute Gasteiger partial charge is 0.316 e. The van der Waals surface area contributed by atoms with Crippen molar-refractivity contribution in [1.82, 2.24) is 0 Å². The van der Waals surface area contributed by atoms with Gasteiger partial charge in [-0.25, -0.2) is 4.90 Å². The number of allylic oxidation sites excluding steroid dienone is 2. The van der Waals surface area contributed by atoms with Gasteiger partial charge in [0, 0.05) is 24.7 Å². The molecule has 1 aliphatic carbocycles. The summed E-state index contributed by atoms with van der Waals surface area (Å²) in [6.07, 6.45) is 3.26. The molecule has 180 valence electrons. The Morgan fingerprint density at radius 2 is 1.60 bits per heavy atom. The number of rotatable bonds is 4. The first-order chi connectivity index (χ1) is 16.7. The van der Waals surface area contributed by atoms with Crippen molar-refractivity contribution >= 4 is 35.1 Å². The van der Waals surface area contributed by atoms with Crippen LogP contribution in [0.15, 0.2) is 54.1 Å². The average Bonchev–Trinajstić information content (AvgIpc) is 3.31. The number of amides is 3. The molecule has 0 aromatic heterocycles. The number of carbonyl (C=O) groups is 4. The van der Waals surface area contributed by atoms with E-state index >= 15 is 0 Å². The van der Waals surface area contributed by atoms with Crippen LogP contribution in [-0.2, 0) is 19.2 Å². The zero-order valence-electron chi connectivity index (χ0n) is 20.1. The standard InChI is InChI=1S/C28H28N2O5/c1-16-10-11-22-23(12-16)27(33)30(26(22)32)20-8-5-9-21(14-20)35-28(34)19-13-24(31)29(15-19)25-17(2)6-4-7-18(25)3/h4-10,14,19,22-23H,11-13,15H2,1-3H3/t19-,22-,23-/m0/s1. The van der Waals surface area contributed by atoms with Crippen molar-refractivity contribution < 1.29 is 23.9 Å². The van der Waals surface area contributed by atoms with E-state index in [0.717, 1.165) is 22.4 Å². The summed E-state index contributed by atoms with van der Waals surface area (Å²) < 4.78 is 5.62. The molecule has 0 saturated carbocycles. The van der Waals surface area contributed by atoms with Crippen molar-refractivity contribution in [3.8, 4) is 5.75 Å². The number of para-hydroxylation sites is 1. The lowest BCUT2D eigenvalue weighted by molar-refractivity contribution is -0.139. The van der Waals surface area contributed by atoms with Gasteiger partial charge in [-0.1, -0.05) is 35.9 Å². The first-order valence-electron chi connectivity index (χ1n) is 12.0. The quantitative estimate of drug-likeness (QED) is 0.289. The Morgan fingerprint density at radius 1 is 0.914 bits per heavy atom. The van der Waals surface area contributed by atoms with E-state index in [9.17, 15) is 19.2 Å². The molecule has 2 aliphatic heterocycles. The fourth-order valence-corrected chi connectivity index (χ4v) is 5.49. The minimum absolute atomic E-state index is 0.0745. The summed E-state index contributed by atoms with van der Waals surface area (Å²) in [5.74, 6) is -2.06. The number of imide groups is 1. The van der Waals surface area contributed by atoms with Gasteiger partial charge in [0.05, 0.1) is 23.4 Å². The monoisotopic (exact) mass is 472 g/mol. The number of fused-ring (bicyclic) bond motifs is 1. The number of hydrogen-bond acceptors (Lipinski definition) is 5. The number of carbonyl (C=O) groups excluding carboxylic acids is 4. The Bertz CT molecular complexity index is 1260. The molecule has 0 bridgehead atoms. The normalized spacial score (nSPS) is 24.0. The van der Waals surface area contributed by atoms with Crippen molar-refractivity contribution in [2.75, 3.05) is 16.3 Å². The first-order valence-corrected chi connectivity index (χ1v) is 12.0. The Kier molecular flexibility index (Phi) is 5.79. The van der Waals surface area contributed by atoms with Crippen LogP contribution in [0.25, 0.3) is 0 Å². The van der Waals surface area contributed by atoms with Crippen LogP contribution in [0.4, 0.5) is 11.4 Å². The highest BCUT2D eigenvalue weighted by Crippen LogP contribution is 2.40. The highest BCUT2D eigenvalue weighted by Gasteiger charge is 2.48. The molecule has 5 rings (SSSR count). The van der Waals surface area contributed by atoms with Crippen LogP contribution in [0.1, 0.15) is 37.3 Å². The van der Waals surface area contributed by atoms with Crippen LogP contribution in [0.2, 0.25) is 0 Å². The number of aryl methyl sites for hydroxylation is 2. The lowest BCUT2D eigenvalue weighted by Crippen LogP contribution is -2.31. The van der Waals surface area contributed by atoms with Crippen LogP contribution in [0, 0.1) is 31.6 Å². The molecule has 0 N–H and O–H groups in total. The number of anilines is 2. The molecule has 7 nitrogen and oxygen atoms in total. The van der Waals surface area contributed by atoms with Crippen molar-refractivity contribution in [3.05, 3.63) is 65.2 Å². The second kappa shape index (κ2) is 8.80. The Labute approximate surface area is 204 Å². The van der Waals surface area contributed by atoms with Crippen LogP contribution in [-0.4, -0.2) is 30.2 Å². The lowest BCUT2D eigenvalue weighted by atomic mass is 9.82. The Balaban J connectivity index is 1.31. The number of nitrogens with zero attached hydrogens (tertiary/aromatic N) is 2. The molecule has 7 heteroatoms. The molecule has 2 saturated heterocycles. The molecule has 0 radical (unpaired) electrons. The van der Waals surface area contributed by atoms with Crippen LogP contribution < -0.4 is 14.5 Å². The van der Waals surface area contributed by atoms with Crippen molar-refractivity contribution in [1.29, 1.82) is 0 Å². The average molecular weight is 473 g/mol. The van der Waals surface area contributed by atoms with E-state index in [1.165, 1.54) is 4.90 Å². The third-order valence-electron chi connectivity index (χ3n) is 7.29. The molecule has 3 atom stereocenters. The van der Waals surface area contributed by atoms with Gasteiger partial charge in [-0.05, 0) is 56.9 Å². The molecule has 0 unspecified atom stereocenters. The maximum absolute atomic E-state index is 13.0. The maximum atomic E-state index is 13.0. The van der Waals surface area contributed by atoms with E-state index in [1.54, 1.807) is 29.2 Å². The predicted molar refractivity (Wildman–Crippen MR) is 131 cm³/mol. The second-order valence-corrected chi connectivity index (χ2v) is 9.78. The van der Waals surface area contributed by atoms with Gasteiger partial charge in [0.25, 0.3) is 0 Å². The largest absolute Gasteiger partial charge is 0.426 e. The van der Waals surface area contributed by atoms with E-state index in [1.807, 2.05) is 45.0 Å². The summed E-state index contributed by atoms with van der Waals surface area (Å²) in [5, 5.41) is 0. The van der Waals surface area contributed by atoms with Gasteiger partial charge in [-0.3, -0.25) is 19.2 Å². The summed E-state index contributed by atoms with van der Waals surface area (Å²) in [6, 6.07) is 12.3. The highest BCUT2D eigenvalue weighted by atomic mass is 16.5. The summed E-state index contributed by atoms with van der Waals surface area (Å²) in [4.78, 5) is 54.6. The minimum Gasteiger partial charge on any atom is -0.426 e. The van der Waals surface area contributed by atoms with E-state index in [0.29, 0.717) is 18.5 Å². The van der Waals surface area contributed by atoms with Gasteiger partial charge < -0.3 is 9.64 Å². The summed E-state index contributed by atoms with van der Waals surface area (Å²) in [6.45, 7) is 6.12. The molecule has 2 fully saturated rings. The molecule has 35 heavy (non-hydrogen) atoms. The Hall–Kier alpha value is -3.74. The summed E-state index contributed by atoms with van der Waals surface area (Å²) >= 11 is 0. The van der Waals surface area contributed by atoms with Gasteiger partial charge in [0.15, 0.2) is 0 Å². The zero-order valence-corrected chi connectivity index (χ0v) is 20.1. The zero-order chi connectivity index (χ0) is 24.9. The minimum atomic E-state index is -0.600. The van der Waals surface area contributed by atoms with Gasteiger partial charge >= 0.3 is 5.97 Å². The second-order valence-electron chi connectivity index (χ2n) is 9.78. The van der Waals surface area contributed by atoms with Crippen LogP contribution >= 0.6 is 0 Å². The molecule has 3 aliphatic rings. The van der Waals surface area contributed by atoms with Gasteiger partial charge in [0.1, 0.15) is 5.75 Å². The molecule has 0 spiro atoms. The molecule has 3 amide bonds. The maximum Gasteiger partial charge on any atom is 0.316 e. The number of hydrogen-bond donors (Lipinski definition) is 0. The van der Waals surface area contributed by atoms with E-state index in [4.69, 9.17) is 4.74 Å². The number of ether oxygens (including phenoxy) is 1. The first kappa shape index (κ1) is 23.0. The van der Waals surface area contributed by atoms with Crippen molar-refractivity contribution in [3.63, 3.8) is 0 Å². The molecular formula is C28H28N2O5.